The molecule has 0 N–H and O–H groups in total. The van der Waals surface area contributed by atoms with E-state index in [4.69, 9.17) is 11.6 Å². The molecule has 0 unspecified atom stereocenters. The molecule has 2 rings (SSSR count). The van der Waals surface area contributed by atoms with Crippen molar-refractivity contribution >= 4 is 39.0 Å². The summed E-state index contributed by atoms with van der Waals surface area (Å²) in [5, 5.41) is 11.3. The lowest BCUT2D eigenvalue weighted by Gasteiger charge is -2.07. The van der Waals surface area contributed by atoms with Crippen molar-refractivity contribution in [1.82, 2.24) is 0 Å². The molecular formula is C16H12ClNO5S. The maximum atomic E-state index is 12.7. The molecule has 0 aromatic heterocycles. The molecular weight excluding hydrogens is 354 g/mol. The van der Waals surface area contributed by atoms with Gasteiger partial charge in [0.1, 0.15) is 4.91 Å². The van der Waals surface area contributed by atoms with Gasteiger partial charge in [-0.1, -0.05) is 29.8 Å². The molecule has 8 heteroatoms. The Labute approximate surface area is 143 Å². The quantitative estimate of drug-likeness (QED) is 0.458. The molecule has 2 aromatic rings. The van der Waals surface area contributed by atoms with E-state index in [0.29, 0.717) is 0 Å². The maximum absolute atomic E-state index is 12.7. The van der Waals surface area contributed by atoms with Crippen LogP contribution in [0.4, 0.5) is 5.69 Å². The van der Waals surface area contributed by atoms with Crippen LogP contribution in [0.5, 0.6) is 0 Å². The SMILES string of the molecule is CC(=O)C(=Cc1ccccc1[N+](=O)[O-])S(=O)(=O)c1cccc(Cl)c1. The number of carbonyl (C=O) groups excluding carboxylic acids is 1. The molecule has 0 aliphatic carbocycles. The van der Waals surface area contributed by atoms with Crippen LogP contribution in [0.25, 0.3) is 6.08 Å². The number of allylic oxidation sites excluding steroid dienone is 1. The summed E-state index contributed by atoms with van der Waals surface area (Å²) in [4.78, 5) is 21.6. The van der Waals surface area contributed by atoms with Gasteiger partial charge in [-0.3, -0.25) is 14.9 Å². The first-order valence-corrected chi connectivity index (χ1v) is 8.56. The second kappa shape index (κ2) is 6.94. The molecule has 0 amide bonds. The van der Waals surface area contributed by atoms with Gasteiger partial charge in [0.05, 0.1) is 15.4 Å². The molecule has 0 saturated heterocycles. The fraction of sp³-hybridized carbons (Fsp3) is 0.0625. The standard InChI is InChI=1S/C16H12ClNO5S/c1-11(19)16(9-12-5-2-3-8-15(12)18(20)21)24(22,23)14-7-4-6-13(17)10-14/h2-10H,1H3. The lowest BCUT2D eigenvalue weighted by molar-refractivity contribution is -0.385. The zero-order chi connectivity index (χ0) is 17.9. The van der Waals surface area contributed by atoms with Gasteiger partial charge < -0.3 is 0 Å². The van der Waals surface area contributed by atoms with E-state index >= 15 is 0 Å². The van der Waals surface area contributed by atoms with Gasteiger partial charge in [-0.25, -0.2) is 8.42 Å². The van der Waals surface area contributed by atoms with Crippen molar-refractivity contribution in [1.29, 1.82) is 0 Å². The van der Waals surface area contributed by atoms with Crippen molar-refractivity contribution < 1.29 is 18.1 Å². The second-order valence-electron chi connectivity index (χ2n) is 4.84. The number of carbonyl (C=O) groups is 1. The highest BCUT2D eigenvalue weighted by Gasteiger charge is 2.26. The normalized spacial score (nSPS) is 12.0. The van der Waals surface area contributed by atoms with Crippen LogP contribution in [0, 0.1) is 10.1 Å². The Hall–Kier alpha value is -2.51. The van der Waals surface area contributed by atoms with Crippen LogP contribution in [0.1, 0.15) is 12.5 Å². The fourth-order valence-electron chi connectivity index (χ4n) is 2.05. The van der Waals surface area contributed by atoms with E-state index in [9.17, 15) is 23.3 Å². The molecule has 0 aliphatic rings. The third-order valence-electron chi connectivity index (χ3n) is 3.16. The van der Waals surface area contributed by atoms with Gasteiger partial charge in [0, 0.05) is 11.1 Å². The Morgan fingerprint density at radius 1 is 1.17 bits per heavy atom. The summed E-state index contributed by atoms with van der Waals surface area (Å²) < 4.78 is 25.4. The lowest BCUT2D eigenvalue weighted by atomic mass is 10.1. The van der Waals surface area contributed by atoms with Crippen molar-refractivity contribution in [2.75, 3.05) is 0 Å². The average Bonchev–Trinajstić information content (AvgIpc) is 2.52. The van der Waals surface area contributed by atoms with Crippen LogP contribution < -0.4 is 0 Å². The Kier molecular flexibility index (Phi) is 5.16. The first-order valence-electron chi connectivity index (χ1n) is 6.70. The van der Waals surface area contributed by atoms with E-state index in [0.717, 1.165) is 13.0 Å². The molecule has 0 heterocycles. The molecule has 0 saturated carbocycles. The number of rotatable bonds is 5. The molecule has 124 valence electrons. The van der Waals surface area contributed by atoms with Gasteiger partial charge in [0.2, 0.25) is 9.84 Å². The molecule has 24 heavy (non-hydrogen) atoms. The Morgan fingerprint density at radius 3 is 2.42 bits per heavy atom. The number of hydrogen-bond donors (Lipinski definition) is 0. The number of hydrogen-bond acceptors (Lipinski definition) is 5. The van der Waals surface area contributed by atoms with Gasteiger partial charge >= 0.3 is 0 Å². The van der Waals surface area contributed by atoms with Gasteiger partial charge in [-0.15, -0.1) is 0 Å². The van der Waals surface area contributed by atoms with E-state index < -0.39 is 25.4 Å². The minimum atomic E-state index is -4.16. The largest absolute Gasteiger partial charge is 0.294 e. The highest BCUT2D eigenvalue weighted by molar-refractivity contribution is 7.96. The average molecular weight is 366 g/mol. The zero-order valence-corrected chi connectivity index (χ0v) is 14.0. The predicted octanol–water partition coefficient (Wildman–Crippen LogP) is 3.65. The smallest absolute Gasteiger partial charge is 0.276 e. The van der Waals surface area contributed by atoms with Gasteiger partial charge in [-0.2, -0.15) is 0 Å². The number of para-hydroxylation sites is 1. The molecule has 0 bridgehead atoms. The summed E-state index contributed by atoms with van der Waals surface area (Å²) in [7, 11) is -4.16. The summed E-state index contributed by atoms with van der Waals surface area (Å²) >= 11 is 5.80. The molecule has 2 aromatic carbocycles. The Bertz CT molecular complexity index is 950. The van der Waals surface area contributed by atoms with E-state index in [1.807, 2.05) is 0 Å². The number of nitro groups is 1. The number of benzene rings is 2. The van der Waals surface area contributed by atoms with Crippen LogP contribution >= 0.6 is 11.6 Å². The Balaban J connectivity index is 2.67. The number of Topliss-reactive ketones (excluding diaryl/α,β-unsaturated/α-hetero) is 1. The van der Waals surface area contributed by atoms with Gasteiger partial charge in [-0.05, 0) is 37.3 Å². The minimum Gasteiger partial charge on any atom is -0.294 e. The van der Waals surface area contributed by atoms with Crippen LogP contribution in [0.2, 0.25) is 5.02 Å². The number of sulfone groups is 1. The second-order valence-corrected chi connectivity index (χ2v) is 7.20. The van der Waals surface area contributed by atoms with E-state index in [2.05, 4.69) is 0 Å². The highest BCUT2D eigenvalue weighted by Crippen LogP contribution is 2.27. The summed E-state index contributed by atoms with van der Waals surface area (Å²) in [5.74, 6) is -0.729. The third-order valence-corrected chi connectivity index (χ3v) is 5.26. The molecule has 0 atom stereocenters. The van der Waals surface area contributed by atoms with Crippen molar-refractivity contribution in [3.05, 3.63) is 74.1 Å². The van der Waals surface area contributed by atoms with Crippen LogP contribution in [-0.2, 0) is 14.6 Å². The summed E-state index contributed by atoms with van der Waals surface area (Å²) in [6, 6.07) is 11.0. The first-order chi connectivity index (χ1) is 11.2. The number of nitrogens with zero attached hydrogens (tertiary/aromatic N) is 1. The molecule has 0 spiro atoms. The number of halogens is 1. The van der Waals surface area contributed by atoms with E-state index in [-0.39, 0.29) is 21.2 Å². The van der Waals surface area contributed by atoms with Crippen molar-refractivity contribution in [3.63, 3.8) is 0 Å². The Morgan fingerprint density at radius 2 is 1.83 bits per heavy atom. The first kappa shape index (κ1) is 17.8. The van der Waals surface area contributed by atoms with Crippen LogP contribution in [-0.4, -0.2) is 19.1 Å². The molecule has 0 aliphatic heterocycles. The van der Waals surface area contributed by atoms with E-state index in [1.54, 1.807) is 0 Å². The third kappa shape index (κ3) is 3.69. The van der Waals surface area contributed by atoms with Gasteiger partial charge in [0.25, 0.3) is 5.69 Å². The lowest BCUT2D eigenvalue weighted by Crippen LogP contribution is -2.11. The minimum absolute atomic E-state index is 0.0262. The van der Waals surface area contributed by atoms with Gasteiger partial charge in [0.15, 0.2) is 5.78 Å². The molecule has 0 radical (unpaired) electrons. The van der Waals surface area contributed by atoms with Crippen molar-refractivity contribution in [3.8, 4) is 0 Å². The topological polar surface area (TPSA) is 94.3 Å². The number of ketones is 1. The zero-order valence-electron chi connectivity index (χ0n) is 12.5. The van der Waals surface area contributed by atoms with Crippen molar-refractivity contribution in [2.45, 2.75) is 11.8 Å². The van der Waals surface area contributed by atoms with Crippen molar-refractivity contribution in [2.24, 2.45) is 0 Å². The summed E-state index contributed by atoms with van der Waals surface area (Å²) in [6.45, 7) is 1.09. The summed E-state index contributed by atoms with van der Waals surface area (Å²) in [6.07, 6.45) is 1.01. The summed E-state index contributed by atoms with van der Waals surface area (Å²) in [5.41, 5.74) is -0.268. The van der Waals surface area contributed by atoms with Crippen LogP contribution in [0.15, 0.2) is 58.3 Å². The highest BCUT2D eigenvalue weighted by atomic mass is 35.5. The van der Waals surface area contributed by atoms with E-state index in [1.165, 1.54) is 48.5 Å². The predicted molar refractivity (Wildman–Crippen MR) is 90.4 cm³/mol. The molecule has 6 nitrogen and oxygen atoms in total. The monoisotopic (exact) mass is 365 g/mol. The molecule has 0 fully saturated rings. The maximum Gasteiger partial charge on any atom is 0.276 e. The number of nitro benzene ring substituents is 1. The fourth-order valence-corrected chi connectivity index (χ4v) is 3.76. The van der Waals surface area contributed by atoms with Crippen LogP contribution in [0.3, 0.4) is 0 Å².